The van der Waals surface area contributed by atoms with E-state index in [0.29, 0.717) is 25.2 Å². The molecule has 100 valence electrons. The van der Waals surface area contributed by atoms with Crippen molar-refractivity contribution in [2.75, 3.05) is 13.2 Å². The molecule has 0 heterocycles. The minimum absolute atomic E-state index is 0.208. The first kappa shape index (κ1) is 14.6. The number of Topliss-reactive ketones (excluding diaryl/α,β-unsaturated/α-hetero) is 1. The first-order chi connectivity index (χ1) is 8.36. The standard InChI is InChI=1S/C12H12F4O2/c1-2-5-18-7-11(17)8-3-4-10(13)9(6-8)12(14,15)16/h3-4,6H,2,5,7H2,1H3. The summed E-state index contributed by atoms with van der Waals surface area (Å²) in [5, 5.41) is 0. The molecule has 0 bridgehead atoms. The molecule has 0 radical (unpaired) electrons. The molecule has 2 nitrogen and oxygen atoms in total. The molecular formula is C12H12F4O2. The third kappa shape index (κ3) is 3.80. The van der Waals surface area contributed by atoms with Crippen molar-refractivity contribution in [1.29, 1.82) is 0 Å². The number of benzene rings is 1. The van der Waals surface area contributed by atoms with Gasteiger partial charge in [0.15, 0.2) is 5.78 Å². The molecule has 0 aliphatic heterocycles. The second kappa shape index (κ2) is 5.95. The molecule has 18 heavy (non-hydrogen) atoms. The SMILES string of the molecule is CCCOCC(=O)c1ccc(F)c(C(F)(F)F)c1. The van der Waals surface area contributed by atoms with Crippen LogP contribution in [0.15, 0.2) is 18.2 Å². The molecule has 0 spiro atoms. The van der Waals surface area contributed by atoms with Gasteiger partial charge in [-0.1, -0.05) is 6.92 Å². The average molecular weight is 264 g/mol. The summed E-state index contributed by atoms with van der Waals surface area (Å²) in [5.41, 5.74) is -1.65. The van der Waals surface area contributed by atoms with Crippen molar-refractivity contribution in [3.63, 3.8) is 0 Å². The Bertz CT molecular complexity index is 427. The molecule has 0 saturated heterocycles. The van der Waals surface area contributed by atoms with Crippen LogP contribution in [0.1, 0.15) is 29.3 Å². The van der Waals surface area contributed by atoms with Gasteiger partial charge in [0.05, 0.1) is 5.56 Å². The van der Waals surface area contributed by atoms with Gasteiger partial charge in [0.25, 0.3) is 0 Å². The molecule has 0 amide bonds. The number of alkyl halides is 3. The Balaban J connectivity index is 2.88. The van der Waals surface area contributed by atoms with E-state index in [1.165, 1.54) is 0 Å². The summed E-state index contributed by atoms with van der Waals surface area (Å²) in [6, 6.07) is 2.16. The normalized spacial score (nSPS) is 11.6. The van der Waals surface area contributed by atoms with Crippen LogP contribution in [0.5, 0.6) is 0 Å². The van der Waals surface area contributed by atoms with Crippen LogP contribution in [0.2, 0.25) is 0 Å². The molecular weight excluding hydrogens is 252 g/mol. The number of hydrogen-bond donors (Lipinski definition) is 0. The molecule has 0 atom stereocenters. The van der Waals surface area contributed by atoms with Gasteiger partial charge < -0.3 is 4.74 Å². The highest BCUT2D eigenvalue weighted by Gasteiger charge is 2.34. The molecule has 0 aliphatic carbocycles. The number of carbonyl (C=O) groups is 1. The van der Waals surface area contributed by atoms with E-state index in [0.717, 1.165) is 6.07 Å². The van der Waals surface area contributed by atoms with Gasteiger partial charge in [0.2, 0.25) is 0 Å². The Morgan fingerprint density at radius 2 is 2.00 bits per heavy atom. The van der Waals surface area contributed by atoms with E-state index in [9.17, 15) is 22.4 Å². The number of carbonyl (C=O) groups excluding carboxylic acids is 1. The largest absolute Gasteiger partial charge is 0.419 e. The summed E-state index contributed by atoms with van der Waals surface area (Å²) >= 11 is 0. The molecule has 0 aromatic heterocycles. The fourth-order valence-electron chi connectivity index (χ4n) is 1.31. The molecule has 0 unspecified atom stereocenters. The van der Waals surface area contributed by atoms with Gasteiger partial charge in [-0.15, -0.1) is 0 Å². The van der Waals surface area contributed by atoms with E-state index < -0.39 is 23.3 Å². The second-order valence-electron chi connectivity index (χ2n) is 3.67. The van der Waals surface area contributed by atoms with Crippen molar-refractivity contribution in [1.82, 2.24) is 0 Å². The predicted molar refractivity (Wildman–Crippen MR) is 56.8 cm³/mol. The molecule has 0 aliphatic rings. The van der Waals surface area contributed by atoms with Crippen molar-refractivity contribution >= 4 is 5.78 Å². The number of rotatable bonds is 5. The third-order valence-corrected chi connectivity index (χ3v) is 2.18. The first-order valence-corrected chi connectivity index (χ1v) is 5.34. The van der Waals surface area contributed by atoms with Gasteiger partial charge in [-0.2, -0.15) is 13.2 Å². The van der Waals surface area contributed by atoms with E-state index >= 15 is 0 Å². The van der Waals surface area contributed by atoms with Crippen LogP contribution < -0.4 is 0 Å². The summed E-state index contributed by atoms with van der Waals surface area (Å²) in [5.74, 6) is -2.00. The molecule has 6 heteroatoms. The Labute approximate surface area is 102 Å². The van der Waals surface area contributed by atoms with Crippen molar-refractivity contribution in [2.24, 2.45) is 0 Å². The van der Waals surface area contributed by atoms with Gasteiger partial charge in [0.1, 0.15) is 12.4 Å². The van der Waals surface area contributed by atoms with Crippen LogP contribution >= 0.6 is 0 Å². The van der Waals surface area contributed by atoms with Gasteiger partial charge >= 0.3 is 6.18 Å². The molecule has 1 rings (SSSR count). The molecule has 0 fully saturated rings. The van der Waals surface area contributed by atoms with Crippen LogP contribution in [0.4, 0.5) is 17.6 Å². The third-order valence-electron chi connectivity index (χ3n) is 2.18. The Kier molecular flexibility index (Phi) is 4.84. The van der Waals surface area contributed by atoms with Crippen LogP contribution in [0.3, 0.4) is 0 Å². The zero-order chi connectivity index (χ0) is 13.8. The molecule has 0 N–H and O–H groups in total. The minimum atomic E-state index is -4.81. The molecule has 1 aromatic carbocycles. The number of hydrogen-bond acceptors (Lipinski definition) is 2. The second-order valence-corrected chi connectivity index (χ2v) is 3.67. The highest BCUT2D eigenvalue weighted by molar-refractivity contribution is 5.97. The van der Waals surface area contributed by atoms with E-state index in [4.69, 9.17) is 4.74 Å². The molecule has 0 saturated carbocycles. The topological polar surface area (TPSA) is 26.3 Å². The zero-order valence-corrected chi connectivity index (χ0v) is 9.68. The van der Waals surface area contributed by atoms with Crippen LogP contribution in [0, 0.1) is 5.82 Å². The van der Waals surface area contributed by atoms with Crippen LogP contribution in [0.25, 0.3) is 0 Å². The Morgan fingerprint density at radius 1 is 1.33 bits per heavy atom. The summed E-state index contributed by atoms with van der Waals surface area (Å²) < 4.78 is 55.2. The number of halogens is 4. The van der Waals surface area contributed by atoms with Gasteiger partial charge in [-0.05, 0) is 24.6 Å². The van der Waals surface area contributed by atoms with Gasteiger partial charge in [0, 0.05) is 12.2 Å². The predicted octanol–water partition coefficient (Wildman–Crippen LogP) is 3.45. The summed E-state index contributed by atoms with van der Waals surface area (Å²) in [6.07, 6.45) is -4.12. The first-order valence-electron chi connectivity index (χ1n) is 5.34. The van der Waals surface area contributed by atoms with Crippen LogP contribution in [-0.2, 0) is 10.9 Å². The summed E-state index contributed by atoms with van der Waals surface area (Å²) in [7, 11) is 0. The smallest absolute Gasteiger partial charge is 0.373 e. The zero-order valence-electron chi connectivity index (χ0n) is 9.68. The van der Waals surface area contributed by atoms with E-state index in [1.807, 2.05) is 6.92 Å². The van der Waals surface area contributed by atoms with E-state index in [1.54, 1.807) is 0 Å². The summed E-state index contributed by atoms with van der Waals surface area (Å²) in [6.45, 7) is 1.87. The maximum absolute atomic E-state index is 13.0. The van der Waals surface area contributed by atoms with E-state index in [-0.39, 0.29) is 12.2 Å². The maximum atomic E-state index is 13.0. The monoisotopic (exact) mass is 264 g/mol. The lowest BCUT2D eigenvalue weighted by atomic mass is 10.1. The Morgan fingerprint density at radius 3 is 2.56 bits per heavy atom. The quantitative estimate of drug-likeness (QED) is 0.462. The maximum Gasteiger partial charge on any atom is 0.419 e. The molecule has 1 aromatic rings. The van der Waals surface area contributed by atoms with Crippen molar-refractivity contribution in [2.45, 2.75) is 19.5 Å². The van der Waals surface area contributed by atoms with Crippen molar-refractivity contribution in [3.05, 3.63) is 35.1 Å². The van der Waals surface area contributed by atoms with E-state index in [2.05, 4.69) is 0 Å². The fraction of sp³-hybridized carbons (Fsp3) is 0.417. The fourth-order valence-corrected chi connectivity index (χ4v) is 1.31. The lowest BCUT2D eigenvalue weighted by molar-refractivity contribution is -0.140. The average Bonchev–Trinajstić information content (AvgIpc) is 2.28. The lowest BCUT2D eigenvalue weighted by Crippen LogP contribution is -2.13. The number of ketones is 1. The van der Waals surface area contributed by atoms with Crippen molar-refractivity contribution < 1.29 is 27.1 Å². The Hall–Kier alpha value is -1.43. The number of ether oxygens (including phenoxy) is 1. The minimum Gasteiger partial charge on any atom is -0.373 e. The van der Waals surface area contributed by atoms with Gasteiger partial charge in [-0.3, -0.25) is 4.79 Å². The van der Waals surface area contributed by atoms with Gasteiger partial charge in [-0.25, -0.2) is 4.39 Å². The van der Waals surface area contributed by atoms with Crippen LogP contribution in [-0.4, -0.2) is 19.0 Å². The highest BCUT2D eigenvalue weighted by Crippen LogP contribution is 2.31. The van der Waals surface area contributed by atoms with Crippen molar-refractivity contribution in [3.8, 4) is 0 Å². The summed E-state index contributed by atoms with van der Waals surface area (Å²) in [4.78, 5) is 11.5. The lowest BCUT2D eigenvalue weighted by Gasteiger charge is -2.09. The highest BCUT2D eigenvalue weighted by atomic mass is 19.4.